The van der Waals surface area contributed by atoms with Crippen LogP contribution in [-0.4, -0.2) is 32.8 Å². The number of carbonyl (C=O) groups excluding carboxylic acids is 3. The summed E-state index contributed by atoms with van der Waals surface area (Å²) >= 11 is 0. The first-order valence-corrected chi connectivity index (χ1v) is 11.0. The van der Waals surface area contributed by atoms with E-state index < -0.39 is 11.3 Å². The summed E-state index contributed by atoms with van der Waals surface area (Å²) in [6.07, 6.45) is 2.86. The van der Waals surface area contributed by atoms with Crippen molar-refractivity contribution in [2.24, 2.45) is 4.99 Å². The SMILES string of the molecule is Cc1ccc(N=C2C(=O)C=Cc3[nH]n(-c4cccc5c4C(=O)c4ccccc4C5=O)c(=O)c32)cc1. The van der Waals surface area contributed by atoms with E-state index >= 15 is 0 Å². The number of aromatic nitrogens is 2. The van der Waals surface area contributed by atoms with Crippen LogP contribution in [0.1, 0.15) is 48.7 Å². The topological polar surface area (TPSA) is 101 Å². The van der Waals surface area contributed by atoms with Crippen molar-refractivity contribution in [2.45, 2.75) is 6.92 Å². The zero-order valence-electron chi connectivity index (χ0n) is 18.5. The highest BCUT2D eigenvalue weighted by atomic mass is 16.1. The predicted octanol–water partition coefficient (Wildman–Crippen LogP) is 3.97. The Balaban J connectivity index is 1.55. The lowest BCUT2D eigenvalue weighted by Gasteiger charge is -2.19. The molecule has 2 aliphatic rings. The van der Waals surface area contributed by atoms with Gasteiger partial charge in [-0.3, -0.25) is 24.3 Å². The Morgan fingerprint density at radius 3 is 2.14 bits per heavy atom. The van der Waals surface area contributed by atoms with Crippen molar-refractivity contribution < 1.29 is 14.4 Å². The zero-order valence-corrected chi connectivity index (χ0v) is 18.5. The molecule has 0 radical (unpaired) electrons. The van der Waals surface area contributed by atoms with Crippen LogP contribution >= 0.6 is 0 Å². The number of aryl methyl sites for hydroxylation is 1. The number of carbonyl (C=O) groups is 3. The molecule has 0 saturated carbocycles. The van der Waals surface area contributed by atoms with E-state index in [9.17, 15) is 19.2 Å². The van der Waals surface area contributed by atoms with Crippen molar-refractivity contribution in [2.75, 3.05) is 0 Å². The van der Waals surface area contributed by atoms with Gasteiger partial charge in [0.2, 0.25) is 5.78 Å². The Labute approximate surface area is 199 Å². The summed E-state index contributed by atoms with van der Waals surface area (Å²) in [7, 11) is 0. The molecule has 0 atom stereocenters. The van der Waals surface area contributed by atoms with Crippen LogP contribution in [-0.2, 0) is 4.79 Å². The number of allylic oxidation sites excluding steroid dienone is 1. The third-order valence-corrected chi connectivity index (χ3v) is 6.24. The number of ketones is 3. The third kappa shape index (κ3) is 3.09. The van der Waals surface area contributed by atoms with Crippen molar-refractivity contribution in [3.8, 4) is 5.69 Å². The van der Waals surface area contributed by atoms with Crippen LogP contribution in [0.3, 0.4) is 0 Å². The van der Waals surface area contributed by atoms with Gasteiger partial charge in [0.25, 0.3) is 5.56 Å². The molecule has 0 aliphatic heterocycles. The Kier molecular flexibility index (Phi) is 4.47. The first-order valence-electron chi connectivity index (χ1n) is 11.0. The van der Waals surface area contributed by atoms with E-state index in [1.165, 1.54) is 16.8 Å². The van der Waals surface area contributed by atoms with Crippen molar-refractivity contribution in [3.05, 3.63) is 122 Å². The largest absolute Gasteiger partial charge is 0.290 e. The second kappa shape index (κ2) is 7.56. The smallest absolute Gasteiger partial charge is 0.281 e. The van der Waals surface area contributed by atoms with E-state index in [0.717, 1.165) is 5.56 Å². The van der Waals surface area contributed by atoms with Crippen LogP contribution in [0.5, 0.6) is 0 Å². The Morgan fingerprint density at radius 2 is 1.40 bits per heavy atom. The number of benzene rings is 3. The summed E-state index contributed by atoms with van der Waals surface area (Å²) < 4.78 is 1.20. The number of aliphatic imine (C=N–C) groups is 1. The van der Waals surface area contributed by atoms with E-state index in [1.54, 1.807) is 54.6 Å². The number of hydrogen-bond acceptors (Lipinski definition) is 5. The van der Waals surface area contributed by atoms with Gasteiger partial charge in [-0.15, -0.1) is 0 Å². The molecule has 0 unspecified atom stereocenters. The number of hydrogen-bond donors (Lipinski definition) is 1. The molecule has 1 heterocycles. The molecule has 0 spiro atoms. The van der Waals surface area contributed by atoms with Crippen LogP contribution < -0.4 is 5.56 Å². The molecule has 6 rings (SSSR count). The lowest BCUT2D eigenvalue weighted by atomic mass is 9.83. The number of rotatable bonds is 2. The molecule has 1 aromatic heterocycles. The lowest BCUT2D eigenvalue weighted by molar-refractivity contribution is -0.108. The number of nitrogens with one attached hydrogen (secondary N) is 1. The lowest BCUT2D eigenvalue weighted by Crippen LogP contribution is -2.28. The minimum Gasteiger partial charge on any atom is -0.290 e. The Morgan fingerprint density at radius 1 is 0.714 bits per heavy atom. The molecular weight excluding hydrogens is 442 g/mol. The van der Waals surface area contributed by atoms with Crippen LogP contribution in [0, 0.1) is 6.92 Å². The van der Waals surface area contributed by atoms with E-state index in [-0.39, 0.29) is 39.7 Å². The van der Waals surface area contributed by atoms with Gasteiger partial charge >= 0.3 is 0 Å². The number of nitrogens with zero attached hydrogens (tertiary/aromatic N) is 2. The zero-order chi connectivity index (χ0) is 24.3. The highest BCUT2D eigenvalue weighted by Crippen LogP contribution is 2.31. The summed E-state index contributed by atoms with van der Waals surface area (Å²) in [6, 6.07) is 18.7. The summed E-state index contributed by atoms with van der Waals surface area (Å²) in [6.45, 7) is 1.94. The minimum atomic E-state index is -0.531. The number of H-pyrrole nitrogens is 1. The molecule has 4 aromatic rings. The molecule has 7 heteroatoms. The highest BCUT2D eigenvalue weighted by molar-refractivity contribution is 6.52. The maximum absolute atomic E-state index is 13.6. The van der Waals surface area contributed by atoms with Gasteiger partial charge in [0.1, 0.15) is 5.71 Å². The monoisotopic (exact) mass is 459 g/mol. The van der Waals surface area contributed by atoms with Gasteiger partial charge in [0.05, 0.1) is 28.2 Å². The Bertz CT molecular complexity index is 1720. The average molecular weight is 459 g/mol. The second-order valence-electron chi connectivity index (χ2n) is 8.44. The Hall–Kier alpha value is -4.91. The fourth-order valence-electron chi connectivity index (χ4n) is 4.51. The van der Waals surface area contributed by atoms with Crippen LogP contribution in [0.4, 0.5) is 5.69 Å². The summed E-state index contributed by atoms with van der Waals surface area (Å²) in [5.41, 5.74) is 2.82. The molecule has 7 nitrogen and oxygen atoms in total. The first kappa shape index (κ1) is 20.7. The van der Waals surface area contributed by atoms with Crippen molar-refractivity contribution in [1.82, 2.24) is 9.78 Å². The number of aromatic amines is 1. The molecule has 2 aliphatic carbocycles. The molecule has 0 saturated heterocycles. The van der Waals surface area contributed by atoms with Gasteiger partial charge in [0, 0.05) is 16.7 Å². The summed E-state index contributed by atoms with van der Waals surface area (Å²) in [5.74, 6) is -1.01. The standard InChI is InChI=1S/C28H17N3O4/c1-15-9-11-16(12-10-15)29-25-22(32)14-13-20-24(25)28(35)31(30-20)21-8-4-7-19-23(21)27(34)18-6-3-2-5-17(18)26(19)33/h2-14,30H,1H3. The molecule has 0 bridgehead atoms. The fraction of sp³-hybridized carbons (Fsp3) is 0.0357. The van der Waals surface area contributed by atoms with Gasteiger partial charge in [0.15, 0.2) is 11.6 Å². The number of fused-ring (bicyclic) bond motifs is 3. The van der Waals surface area contributed by atoms with E-state index in [2.05, 4.69) is 10.1 Å². The van der Waals surface area contributed by atoms with Crippen molar-refractivity contribution in [3.63, 3.8) is 0 Å². The second-order valence-corrected chi connectivity index (χ2v) is 8.44. The van der Waals surface area contributed by atoms with Gasteiger partial charge in [-0.1, -0.05) is 54.1 Å². The predicted molar refractivity (Wildman–Crippen MR) is 131 cm³/mol. The molecule has 168 valence electrons. The first-order chi connectivity index (χ1) is 16.9. The van der Waals surface area contributed by atoms with Crippen LogP contribution in [0.2, 0.25) is 0 Å². The minimum absolute atomic E-state index is 0.0175. The van der Waals surface area contributed by atoms with Crippen LogP contribution in [0.15, 0.2) is 82.6 Å². The molecule has 0 amide bonds. The van der Waals surface area contributed by atoms with Gasteiger partial charge < -0.3 is 0 Å². The normalized spacial score (nSPS) is 15.2. The third-order valence-electron chi connectivity index (χ3n) is 6.24. The maximum atomic E-state index is 13.6. The van der Waals surface area contributed by atoms with E-state index in [4.69, 9.17) is 0 Å². The average Bonchev–Trinajstić information content (AvgIpc) is 3.21. The molecule has 1 N–H and O–H groups in total. The maximum Gasteiger partial charge on any atom is 0.281 e. The quantitative estimate of drug-likeness (QED) is 0.432. The van der Waals surface area contributed by atoms with E-state index in [1.807, 2.05) is 19.1 Å². The van der Waals surface area contributed by atoms with Gasteiger partial charge in [-0.2, -0.15) is 0 Å². The molecule has 35 heavy (non-hydrogen) atoms. The summed E-state index contributed by atoms with van der Waals surface area (Å²) in [4.78, 5) is 57.3. The van der Waals surface area contributed by atoms with E-state index in [0.29, 0.717) is 22.5 Å². The van der Waals surface area contributed by atoms with Crippen LogP contribution in [0.25, 0.3) is 11.8 Å². The molecule has 0 fully saturated rings. The molecular formula is C28H17N3O4. The fourth-order valence-corrected chi connectivity index (χ4v) is 4.51. The summed E-state index contributed by atoms with van der Waals surface area (Å²) in [5, 5.41) is 2.99. The molecule has 3 aromatic carbocycles. The van der Waals surface area contributed by atoms with Crippen molar-refractivity contribution >= 4 is 34.8 Å². The van der Waals surface area contributed by atoms with Gasteiger partial charge in [-0.05, 0) is 37.3 Å². The van der Waals surface area contributed by atoms with Crippen molar-refractivity contribution in [1.29, 1.82) is 0 Å². The highest BCUT2D eigenvalue weighted by Gasteiger charge is 2.33. The van der Waals surface area contributed by atoms with Gasteiger partial charge in [-0.25, -0.2) is 9.67 Å².